The maximum Gasteiger partial charge on any atom is 0.435 e. The van der Waals surface area contributed by atoms with Gasteiger partial charge >= 0.3 is 6.09 Å². The Kier molecular flexibility index (Phi) is 3.44. The van der Waals surface area contributed by atoms with E-state index in [2.05, 4.69) is 5.10 Å². The highest BCUT2D eigenvalue weighted by atomic mass is 35.5. The monoisotopic (exact) mass is 250 g/mol. The van der Waals surface area contributed by atoms with Gasteiger partial charge in [-0.2, -0.15) is 9.78 Å². The highest BCUT2D eigenvalue weighted by Crippen LogP contribution is 2.22. The second kappa shape index (κ2) is 5.01. The van der Waals surface area contributed by atoms with Gasteiger partial charge in [0.2, 0.25) is 0 Å². The topological polar surface area (TPSA) is 44.1 Å². The first-order valence-electron chi connectivity index (χ1n) is 5.19. The Morgan fingerprint density at radius 3 is 3.00 bits per heavy atom. The van der Waals surface area contributed by atoms with E-state index < -0.39 is 6.09 Å². The molecule has 0 saturated carbocycles. The van der Waals surface area contributed by atoms with Gasteiger partial charge in [-0.05, 0) is 25.1 Å². The molecule has 0 bridgehead atoms. The van der Waals surface area contributed by atoms with Gasteiger partial charge in [0.15, 0.2) is 0 Å². The van der Waals surface area contributed by atoms with Crippen molar-refractivity contribution >= 4 is 17.7 Å². The van der Waals surface area contributed by atoms with Gasteiger partial charge in [-0.1, -0.05) is 23.7 Å². The molecule has 0 radical (unpaired) electrons. The Bertz CT molecular complexity index is 537. The van der Waals surface area contributed by atoms with Gasteiger partial charge < -0.3 is 4.74 Å². The van der Waals surface area contributed by atoms with Crippen molar-refractivity contribution < 1.29 is 9.53 Å². The van der Waals surface area contributed by atoms with Crippen molar-refractivity contribution in [2.45, 2.75) is 6.92 Å². The molecule has 0 N–H and O–H groups in total. The van der Waals surface area contributed by atoms with E-state index in [4.69, 9.17) is 16.3 Å². The predicted octanol–water partition coefficient (Wildman–Crippen LogP) is 3.21. The van der Waals surface area contributed by atoms with E-state index in [9.17, 15) is 4.79 Å². The zero-order valence-corrected chi connectivity index (χ0v) is 10.0. The van der Waals surface area contributed by atoms with Gasteiger partial charge in [0.25, 0.3) is 0 Å². The van der Waals surface area contributed by atoms with Crippen LogP contribution in [-0.4, -0.2) is 22.5 Å². The van der Waals surface area contributed by atoms with Crippen LogP contribution in [0.25, 0.3) is 11.3 Å². The van der Waals surface area contributed by atoms with Gasteiger partial charge in [0.05, 0.1) is 18.5 Å². The van der Waals surface area contributed by atoms with Gasteiger partial charge in [0.1, 0.15) is 0 Å². The summed E-state index contributed by atoms with van der Waals surface area (Å²) in [5, 5.41) is 4.55. The van der Waals surface area contributed by atoms with Crippen molar-refractivity contribution in [2.75, 3.05) is 6.61 Å². The molecule has 0 aliphatic carbocycles. The van der Waals surface area contributed by atoms with Gasteiger partial charge in [0, 0.05) is 10.6 Å². The van der Waals surface area contributed by atoms with E-state index in [1.807, 2.05) is 12.1 Å². The minimum Gasteiger partial charge on any atom is -0.448 e. The molecule has 2 rings (SSSR count). The van der Waals surface area contributed by atoms with Crippen molar-refractivity contribution in [3.63, 3.8) is 0 Å². The number of carbonyl (C=O) groups is 1. The zero-order valence-electron chi connectivity index (χ0n) is 9.26. The maximum atomic E-state index is 11.6. The minimum atomic E-state index is -0.493. The molecule has 0 fully saturated rings. The molecular formula is C12H11ClN2O2. The Morgan fingerprint density at radius 1 is 1.47 bits per heavy atom. The van der Waals surface area contributed by atoms with Crippen molar-refractivity contribution in [1.82, 2.24) is 9.78 Å². The molecular weight excluding hydrogens is 240 g/mol. The molecule has 0 aliphatic rings. The van der Waals surface area contributed by atoms with Crippen LogP contribution in [0.15, 0.2) is 36.5 Å². The number of rotatable bonds is 2. The lowest BCUT2D eigenvalue weighted by Gasteiger charge is -2.06. The molecule has 1 heterocycles. The summed E-state index contributed by atoms with van der Waals surface area (Å²) in [7, 11) is 0. The van der Waals surface area contributed by atoms with Gasteiger partial charge in [-0.3, -0.25) is 0 Å². The normalized spacial score (nSPS) is 10.2. The lowest BCUT2D eigenvalue weighted by atomic mass is 10.1. The summed E-state index contributed by atoms with van der Waals surface area (Å²) in [4.78, 5) is 11.6. The standard InChI is InChI=1S/C12H11ClN2O2/c1-2-17-12(16)15-11(6-7-14-15)9-4-3-5-10(13)8-9/h3-8H,2H2,1H3. The maximum absolute atomic E-state index is 11.6. The number of hydrogen-bond donors (Lipinski definition) is 0. The largest absolute Gasteiger partial charge is 0.448 e. The lowest BCUT2D eigenvalue weighted by Crippen LogP contribution is -2.15. The van der Waals surface area contributed by atoms with Gasteiger partial charge in [-0.15, -0.1) is 0 Å². The van der Waals surface area contributed by atoms with Crippen LogP contribution >= 0.6 is 11.6 Å². The van der Waals surface area contributed by atoms with Gasteiger partial charge in [-0.25, -0.2) is 4.79 Å². The van der Waals surface area contributed by atoms with Crippen LogP contribution in [-0.2, 0) is 4.74 Å². The molecule has 0 amide bonds. The highest BCUT2D eigenvalue weighted by Gasteiger charge is 2.13. The number of halogens is 1. The number of ether oxygens (including phenoxy) is 1. The van der Waals surface area contributed by atoms with Crippen molar-refractivity contribution in [1.29, 1.82) is 0 Å². The summed E-state index contributed by atoms with van der Waals surface area (Å²) in [6.45, 7) is 2.06. The summed E-state index contributed by atoms with van der Waals surface area (Å²) in [5.41, 5.74) is 1.48. The third kappa shape index (κ3) is 2.47. The Hall–Kier alpha value is -1.81. The van der Waals surface area contributed by atoms with Crippen LogP contribution < -0.4 is 0 Å². The van der Waals surface area contributed by atoms with Crippen LogP contribution in [0.2, 0.25) is 5.02 Å². The smallest absolute Gasteiger partial charge is 0.435 e. The molecule has 4 nitrogen and oxygen atoms in total. The molecule has 0 saturated heterocycles. The number of nitrogens with zero attached hydrogens (tertiary/aromatic N) is 2. The first kappa shape index (κ1) is 11.7. The van der Waals surface area contributed by atoms with Crippen LogP contribution in [0.3, 0.4) is 0 Å². The summed E-state index contributed by atoms with van der Waals surface area (Å²) < 4.78 is 6.12. The average molecular weight is 251 g/mol. The molecule has 1 aromatic heterocycles. The Balaban J connectivity index is 2.40. The second-order valence-electron chi connectivity index (χ2n) is 3.34. The van der Waals surface area contributed by atoms with E-state index in [1.165, 1.54) is 4.68 Å². The fourth-order valence-corrected chi connectivity index (χ4v) is 1.69. The third-order valence-corrected chi connectivity index (χ3v) is 2.44. The fraction of sp³-hybridized carbons (Fsp3) is 0.167. The van der Waals surface area contributed by atoms with E-state index in [0.717, 1.165) is 5.56 Å². The first-order valence-corrected chi connectivity index (χ1v) is 5.57. The van der Waals surface area contributed by atoms with Crippen molar-refractivity contribution in [2.24, 2.45) is 0 Å². The van der Waals surface area contributed by atoms with Crippen LogP contribution in [0.5, 0.6) is 0 Å². The number of benzene rings is 1. The summed E-state index contributed by atoms with van der Waals surface area (Å²) in [6.07, 6.45) is 1.06. The first-order chi connectivity index (χ1) is 8.22. The predicted molar refractivity (Wildman–Crippen MR) is 65.1 cm³/mol. The van der Waals surface area contributed by atoms with E-state index in [-0.39, 0.29) is 0 Å². The molecule has 5 heteroatoms. The minimum absolute atomic E-state index is 0.313. The molecule has 88 valence electrons. The number of aromatic nitrogens is 2. The third-order valence-electron chi connectivity index (χ3n) is 2.20. The summed E-state index contributed by atoms with van der Waals surface area (Å²) in [5.74, 6) is 0. The highest BCUT2D eigenvalue weighted by molar-refractivity contribution is 6.30. The second-order valence-corrected chi connectivity index (χ2v) is 3.77. The fourth-order valence-electron chi connectivity index (χ4n) is 1.50. The van der Waals surface area contributed by atoms with Crippen molar-refractivity contribution in [3.8, 4) is 11.3 Å². The lowest BCUT2D eigenvalue weighted by molar-refractivity contribution is 0.151. The zero-order chi connectivity index (χ0) is 12.3. The van der Waals surface area contributed by atoms with E-state index in [0.29, 0.717) is 17.3 Å². The summed E-state index contributed by atoms with van der Waals surface area (Å²) in [6, 6.07) is 8.96. The van der Waals surface area contributed by atoms with Crippen LogP contribution in [0.4, 0.5) is 4.79 Å². The molecule has 1 aromatic carbocycles. The quantitative estimate of drug-likeness (QED) is 0.822. The molecule has 0 spiro atoms. The van der Waals surface area contributed by atoms with E-state index in [1.54, 1.807) is 31.3 Å². The van der Waals surface area contributed by atoms with Crippen molar-refractivity contribution in [3.05, 3.63) is 41.6 Å². The average Bonchev–Trinajstić information content (AvgIpc) is 2.78. The number of hydrogen-bond acceptors (Lipinski definition) is 3. The van der Waals surface area contributed by atoms with Crippen LogP contribution in [0, 0.1) is 0 Å². The molecule has 0 unspecified atom stereocenters. The molecule has 0 aliphatic heterocycles. The molecule has 0 atom stereocenters. The molecule has 2 aromatic rings. The SMILES string of the molecule is CCOC(=O)n1nccc1-c1cccc(Cl)c1. The number of carbonyl (C=O) groups excluding carboxylic acids is 1. The Labute approximate surface area is 104 Å². The molecule has 17 heavy (non-hydrogen) atoms. The van der Waals surface area contributed by atoms with Crippen LogP contribution in [0.1, 0.15) is 6.92 Å². The van der Waals surface area contributed by atoms with E-state index >= 15 is 0 Å². The Morgan fingerprint density at radius 2 is 2.29 bits per heavy atom. The summed E-state index contributed by atoms with van der Waals surface area (Å²) >= 11 is 5.91.